The smallest absolute Gasteiger partial charge is 0.300 e. The number of aliphatic hydroxyl groups excluding tert-OH is 1. The van der Waals surface area contributed by atoms with E-state index in [1.54, 1.807) is 36.4 Å². The Hall–Kier alpha value is -4.13. The molecular weight excluding hydrogens is 449 g/mol. The van der Waals surface area contributed by atoms with Crippen molar-refractivity contribution in [1.29, 1.82) is 0 Å². The van der Waals surface area contributed by atoms with Crippen molar-refractivity contribution in [3.8, 4) is 11.5 Å². The van der Waals surface area contributed by atoms with Crippen molar-refractivity contribution in [2.24, 2.45) is 0 Å². The van der Waals surface area contributed by atoms with E-state index in [-0.39, 0.29) is 28.5 Å². The van der Waals surface area contributed by atoms with Crippen molar-refractivity contribution in [2.45, 2.75) is 32.7 Å². The first kappa shape index (κ1) is 24.0. The number of rotatable bonds is 6. The van der Waals surface area contributed by atoms with Crippen LogP contribution in [0.4, 0.5) is 10.1 Å². The fraction of sp³-hybridized carbons (Fsp3) is 0.214. The Morgan fingerprint density at radius 2 is 1.74 bits per heavy atom. The van der Waals surface area contributed by atoms with Gasteiger partial charge in [0.15, 0.2) is 0 Å². The number of para-hydroxylation sites is 2. The van der Waals surface area contributed by atoms with E-state index in [9.17, 15) is 24.2 Å². The number of benzene rings is 3. The molecule has 1 amide bonds. The van der Waals surface area contributed by atoms with Crippen LogP contribution in [0.25, 0.3) is 5.76 Å². The lowest BCUT2D eigenvalue weighted by Crippen LogP contribution is -2.29. The molecule has 1 heterocycles. The predicted octanol–water partition coefficient (Wildman–Crippen LogP) is 5.68. The quantitative estimate of drug-likeness (QED) is 0.272. The first-order valence-corrected chi connectivity index (χ1v) is 11.4. The van der Waals surface area contributed by atoms with Gasteiger partial charge in [-0.15, -0.1) is 0 Å². The SMILES string of the molecule is CCOc1ccc(/C(O)=C2\C(=O)C(=O)N(c3ccccc3O)C2c2ccccc2F)cc1C(C)C. The number of amides is 1. The minimum Gasteiger partial charge on any atom is -0.507 e. The molecule has 1 saturated heterocycles. The molecule has 1 atom stereocenters. The average molecular weight is 476 g/mol. The number of halogens is 1. The van der Waals surface area contributed by atoms with Crippen LogP contribution in [0.1, 0.15) is 49.4 Å². The molecule has 6 nitrogen and oxygen atoms in total. The van der Waals surface area contributed by atoms with Gasteiger partial charge in [-0.2, -0.15) is 0 Å². The monoisotopic (exact) mass is 475 g/mol. The van der Waals surface area contributed by atoms with Crippen molar-refractivity contribution in [3.63, 3.8) is 0 Å². The van der Waals surface area contributed by atoms with E-state index in [1.807, 2.05) is 20.8 Å². The highest BCUT2D eigenvalue weighted by molar-refractivity contribution is 6.51. The van der Waals surface area contributed by atoms with Gasteiger partial charge < -0.3 is 14.9 Å². The number of phenolic OH excluding ortho intramolecular Hbond substituents is 1. The number of ether oxygens (including phenoxy) is 1. The second-order valence-electron chi connectivity index (χ2n) is 8.52. The van der Waals surface area contributed by atoms with Crippen molar-refractivity contribution in [1.82, 2.24) is 0 Å². The summed E-state index contributed by atoms with van der Waals surface area (Å²) in [6, 6.07) is 15.5. The predicted molar refractivity (Wildman–Crippen MR) is 131 cm³/mol. The number of Topliss-reactive ketones (excluding diaryl/α,β-unsaturated/α-hetero) is 1. The van der Waals surface area contributed by atoms with Gasteiger partial charge in [0, 0.05) is 11.1 Å². The number of nitrogens with zero attached hydrogens (tertiary/aromatic N) is 1. The number of hydrogen-bond acceptors (Lipinski definition) is 5. The maximum absolute atomic E-state index is 15.0. The summed E-state index contributed by atoms with van der Waals surface area (Å²) in [4.78, 5) is 27.5. The average Bonchev–Trinajstić information content (AvgIpc) is 3.09. The molecule has 3 aromatic rings. The molecular formula is C28H26FNO5. The van der Waals surface area contributed by atoms with E-state index >= 15 is 0 Å². The minimum absolute atomic E-state index is 0.0199. The van der Waals surface area contributed by atoms with Gasteiger partial charge in [-0.1, -0.05) is 44.2 Å². The van der Waals surface area contributed by atoms with Gasteiger partial charge in [0.05, 0.1) is 23.9 Å². The maximum Gasteiger partial charge on any atom is 0.300 e. The number of phenols is 1. The zero-order valence-electron chi connectivity index (χ0n) is 19.7. The lowest BCUT2D eigenvalue weighted by Gasteiger charge is -2.26. The Kier molecular flexibility index (Phi) is 6.60. The van der Waals surface area contributed by atoms with Crippen LogP contribution in [-0.2, 0) is 9.59 Å². The first-order valence-electron chi connectivity index (χ1n) is 11.4. The van der Waals surface area contributed by atoms with Crippen LogP contribution in [0.5, 0.6) is 11.5 Å². The van der Waals surface area contributed by atoms with Crippen LogP contribution in [0, 0.1) is 5.82 Å². The summed E-state index contributed by atoms with van der Waals surface area (Å²) in [6.07, 6.45) is 0. The highest BCUT2D eigenvalue weighted by Crippen LogP contribution is 2.45. The number of aliphatic hydroxyl groups is 1. The molecule has 1 aliphatic heterocycles. The highest BCUT2D eigenvalue weighted by Gasteiger charge is 2.48. The van der Waals surface area contributed by atoms with Gasteiger partial charge in [0.25, 0.3) is 11.7 Å². The van der Waals surface area contributed by atoms with E-state index in [0.29, 0.717) is 17.9 Å². The summed E-state index contributed by atoms with van der Waals surface area (Å²) in [7, 11) is 0. The molecule has 1 fully saturated rings. The number of carbonyl (C=O) groups excluding carboxylic acids is 2. The van der Waals surface area contributed by atoms with E-state index < -0.39 is 29.3 Å². The molecule has 0 radical (unpaired) electrons. The molecule has 0 saturated carbocycles. The summed E-state index contributed by atoms with van der Waals surface area (Å²) in [6.45, 7) is 6.27. The van der Waals surface area contributed by atoms with Crippen LogP contribution >= 0.6 is 0 Å². The molecule has 0 aromatic heterocycles. The van der Waals surface area contributed by atoms with Crippen molar-refractivity contribution in [2.75, 3.05) is 11.5 Å². The highest BCUT2D eigenvalue weighted by atomic mass is 19.1. The Bertz CT molecular complexity index is 1330. The third kappa shape index (κ3) is 4.25. The molecule has 4 rings (SSSR count). The number of aromatic hydroxyl groups is 1. The van der Waals surface area contributed by atoms with Gasteiger partial charge in [0.1, 0.15) is 23.1 Å². The zero-order chi connectivity index (χ0) is 25.3. The van der Waals surface area contributed by atoms with Crippen molar-refractivity contribution < 1.29 is 28.9 Å². The van der Waals surface area contributed by atoms with E-state index in [1.165, 1.54) is 30.3 Å². The zero-order valence-corrected chi connectivity index (χ0v) is 19.7. The summed E-state index contributed by atoms with van der Waals surface area (Å²) in [5.41, 5.74) is 0.909. The van der Waals surface area contributed by atoms with Crippen LogP contribution in [0.2, 0.25) is 0 Å². The van der Waals surface area contributed by atoms with Gasteiger partial charge in [-0.05, 0) is 54.8 Å². The number of ketones is 1. The number of anilines is 1. The lowest BCUT2D eigenvalue weighted by molar-refractivity contribution is -0.132. The molecule has 3 aromatic carbocycles. The van der Waals surface area contributed by atoms with Crippen molar-refractivity contribution in [3.05, 3.63) is 94.8 Å². The lowest BCUT2D eigenvalue weighted by atomic mass is 9.93. The molecule has 180 valence electrons. The van der Waals surface area contributed by atoms with Gasteiger partial charge in [0.2, 0.25) is 0 Å². The Morgan fingerprint density at radius 3 is 2.40 bits per heavy atom. The first-order chi connectivity index (χ1) is 16.8. The molecule has 35 heavy (non-hydrogen) atoms. The Morgan fingerprint density at radius 1 is 1.06 bits per heavy atom. The summed E-state index contributed by atoms with van der Waals surface area (Å²) < 4.78 is 20.7. The normalized spacial score (nSPS) is 17.3. The summed E-state index contributed by atoms with van der Waals surface area (Å²) in [5.74, 6) is -2.58. The van der Waals surface area contributed by atoms with E-state index in [4.69, 9.17) is 4.74 Å². The maximum atomic E-state index is 15.0. The molecule has 7 heteroatoms. The van der Waals surface area contributed by atoms with Crippen LogP contribution < -0.4 is 9.64 Å². The Balaban J connectivity index is 1.97. The molecule has 0 bridgehead atoms. The molecule has 2 N–H and O–H groups in total. The molecule has 0 aliphatic carbocycles. The largest absolute Gasteiger partial charge is 0.507 e. The Labute approximate surface area is 202 Å². The van der Waals surface area contributed by atoms with Crippen LogP contribution in [0.3, 0.4) is 0 Å². The molecule has 1 aliphatic rings. The molecule has 1 unspecified atom stereocenters. The van der Waals surface area contributed by atoms with E-state index in [2.05, 4.69) is 0 Å². The fourth-order valence-corrected chi connectivity index (χ4v) is 4.33. The second-order valence-corrected chi connectivity index (χ2v) is 8.52. The molecule has 0 spiro atoms. The second kappa shape index (κ2) is 9.62. The van der Waals surface area contributed by atoms with E-state index in [0.717, 1.165) is 10.5 Å². The van der Waals surface area contributed by atoms with Gasteiger partial charge >= 0.3 is 0 Å². The van der Waals surface area contributed by atoms with Gasteiger partial charge in [-0.25, -0.2) is 4.39 Å². The fourth-order valence-electron chi connectivity index (χ4n) is 4.33. The summed E-state index contributed by atoms with van der Waals surface area (Å²) >= 11 is 0. The summed E-state index contributed by atoms with van der Waals surface area (Å²) in [5, 5.41) is 21.8. The topological polar surface area (TPSA) is 87.1 Å². The third-order valence-corrected chi connectivity index (χ3v) is 5.99. The van der Waals surface area contributed by atoms with Crippen molar-refractivity contribution >= 4 is 23.1 Å². The minimum atomic E-state index is -1.28. The van der Waals surface area contributed by atoms with Crippen LogP contribution in [-0.4, -0.2) is 28.5 Å². The van der Waals surface area contributed by atoms with Crippen LogP contribution in [0.15, 0.2) is 72.3 Å². The third-order valence-electron chi connectivity index (χ3n) is 5.99. The van der Waals surface area contributed by atoms with Gasteiger partial charge in [-0.3, -0.25) is 14.5 Å². The number of carbonyl (C=O) groups is 2. The number of hydrogen-bond donors (Lipinski definition) is 2. The standard InChI is InChI=1S/C28H26FNO5/c1-4-35-23-14-13-17(15-19(23)16(2)3)26(32)24-25(18-9-5-6-10-20(18)29)30(28(34)27(24)33)21-11-7-8-12-22(21)31/h5-16,25,31-32H,4H2,1-3H3/b26-24+.